The van der Waals surface area contributed by atoms with Crippen LogP contribution in [0.2, 0.25) is 0 Å². The average Bonchev–Trinajstić information content (AvgIpc) is 3.53. The number of benzene rings is 1. The number of aliphatic hydroxyl groups excluding tert-OH is 1. The van der Waals surface area contributed by atoms with Crippen molar-refractivity contribution in [3.8, 4) is 0 Å². The van der Waals surface area contributed by atoms with E-state index in [0.29, 0.717) is 42.0 Å². The molecule has 0 bridgehead atoms. The summed E-state index contributed by atoms with van der Waals surface area (Å²) in [5.74, 6) is -1.89. The highest BCUT2D eigenvalue weighted by atomic mass is 19.1. The molecule has 0 atom stereocenters. The second kappa shape index (κ2) is 9.27. The molecule has 3 aliphatic heterocycles. The molecule has 0 unspecified atom stereocenters. The molecule has 0 radical (unpaired) electrons. The van der Waals surface area contributed by atoms with Crippen LogP contribution < -0.4 is 10.6 Å². The van der Waals surface area contributed by atoms with Gasteiger partial charge in [0.05, 0.1) is 22.5 Å². The number of amides is 3. The Balaban J connectivity index is 1.40. The Morgan fingerprint density at radius 3 is 2.71 bits per heavy atom. The van der Waals surface area contributed by atoms with Gasteiger partial charge in [-0.15, -0.1) is 0 Å². The van der Waals surface area contributed by atoms with Crippen molar-refractivity contribution in [2.75, 3.05) is 50.0 Å². The lowest BCUT2D eigenvalue weighted by atomic mass is 10.0. The molecule has 4 heterocycles. The number of rotatable bonds is 6. The molecule has 3 amide bonds. The number of aromatic nitrogens is 1. The van der Waals surface area contributed by atoms with Crippen LogP contribution in [0.25, 0.3) is 11.6 Å². The summed E-state index contributed by atoms with van der Waals surface area (Å²) >= 11 is 0. The van der Waals surface area contributed by atoms with Crippen molar-refractivity contribution in [1.82, 2.24) is 14.8 Å². The van der Waals surface area contributed by atoms with Crippen LogP contribution in [0.1, 0.15) is 45.7 Å². The topological polar surface area (TPSA) is 118 Å². The molecular formula is C25H28FN5O4. The minimum absolute atomic E-state index is 0.00423. The molecule has 4 N–H and O–H groups in total. The Labute approximate surface area is 202 Å². The van der Waals surface area contributed by atoms with Gasteiger partial charge in [0, 0.05) is 43.0 Å². The van der Waals surface area contributed by atoms with Crippen molar-refractivity contribution >= 4 is 40.7 Å². The van der Waals surface area contributed by atoms with E-state index in [4.69, 9.17) is 5.11 Å². The Hall–Kier alpha value is -3.50. The van der Waals surface area contributed by atoms with E-state index in [2.05, 4.69) is 20.5 Å². The number of halogens is 1. The van der Waals surface area contributed by atoms with Gasteiger partial charge in [0.1, 0.15) is 12.4 Å². The number of anilines is 2. The van der Waals surface area contributed by atoms with E-state index in [1.165, 1.54) is 25.0 Å². The smallest absolute Gasteiger partial charge is 0.256 e. The molecule has 5 rings (SSSR count). The number of hydrogen-bond donors (Lipinski definition) is 4. The predicted molar refractivity (Wildman–Crippen MR) is 129 cm³/mol. The van der Waals surface area contributed by atoms with Gasteiger partial charge in [-0.3, -0.25) is 14.4 Å². The Morgan fingerprint density at radius 2 is 1.97 bits per heavy atom. The molecule has 35 heavy (non-hydrogen) atoms. The van der Waals surface area contributed by atoms with Crippen LogP contribution in [0.4, 0.5) is 15.8 Å². The van der Waals surface area contributed by atoms with Gasteiger partial charge in [-0.2, -0.15) is 0 Å². The number of H-pyrrole nitrogens is 1. The van der Waals surface area contributed by atoms with Gasteiger partial charge in [-0.1, -0.05) is 0 Å². The molecule has 3 aliphatic rings. The molecule has 2 aromatic rings. The minimum atomic E-state index is -0.779. The van der Waals surface area contributed by atoms with Crippen molar-refractivity contribution in [3.63, 3.8) is 0 Å². The third kappa shape index (κ3) is 4.35. The van der Waals surface area contributed by atoms with Crippen molar-refractivity contribution in [2.45, 2.75) is 26.2 Å². The third-order valence-electron chi connectivity index (χ3n) is 6.98. The summed E-state index contributed by atoms with van der Waals surface area (Å²) in [5, 5.41) is 13.8. The van der Waals surface area contributed by atoms with Gasteiger partial charge in [0.25, 0.3) is 11.8 Å². The highest BCUT2D eigenvalue weighted by Crippen LogP contribution is 2.37. The second-order valence-corrected chi connectivity index (χ2v) is 9.20. The molecule has 0 saturated carbocycles. The van der Waals surface area contributed by atoms with Gasteiger partial charge >= 0.3 is 0 Å². The summed E-state index contributed by atoms with van der Waals surface area (Å²) in [4.78, 5) is 44.9. The summed E-state index contributed by atoms with van der Waals surface area (Å²) in [6, 6.07) is 2.50. The molecule has 0 aliphatic carbocycles. The highest BCUT2D eigenvalue weighted by molar-refractivity contribution is 6.35. The molecule has 1 aromatic carbocycles. The van der Waals surface area contributed by atoms with Crippen molar-refractivity contribution in [1.29, 1.82) is 0 Å². The van der Waals surface area contributed by atoms with Crippen LogP contribution in [0.5, 0.6) is 0 Å². The van der Waals surface area contributed by atoms with Crippen LogP contribution in [0.15, 0.2) is 12.1 Å². The lowest BCUT2D eigenvalue weighted by molar-refractivity contribution is -0.118. The largest absolute Gasteiger partial charge is 0.387 e. The molecule has 9 nitrogen and oxygen atoms in total. The fourth-order valence-electron chi connectivity index (χ4n) is 5.07. The average molecular weight is 482 g/mol. The second-order valence-electron chi connectivity index (χ2n) is 9.20. The normalized spacial score (nSPS) is 18.7. The van der Waals surface area contributed by atoms with Crippen LogP contribution >= 0.6 is 0 Å². The van der Waals surface area contributed by atoms with Crippen molar-refractivity contribution < 1.29 is 23.9 Å². The van der Waals surface area contributed by atoms with Gasteiger partial charge in [-0.25, -0.2) is 4.39 Å². The maximum Gasteiger partial charge on any atom is 0.256 e. The van der Waals surface area contributed by atoms with E-state index in [9.17, 15) is 18.8 Å². The van der Waals surface area contributed by atoms with Gasteiger partial charge in [0.2, 0.25) is 5.91 Å². The Bertz CT molecular complexity index is 1240. The summed E-state index contributed by atoms with van der Waals surface area (Å²) < 4.78 is 14.6. The zero-order chi connectivity index (χ0) is 24.7. The van der Waals surface area contributed by atoms with E-state index in [1.807, 2.05) is 11.8 Å². The molecule has 1 fully saturated rings. The fraction of sp³-hybridized carbons (Fsp3) is 0.400. The molecule has 0 spiro atoms. The number of aliphatic hydroxyl groups is 1. The first-order valence-electron chi connectivity index (χ1n) is 11.9. The summed E-state index contributed by atoms with van der Waals surface area (Å²) in [6.45, 7) is 5.48. The number of hydrogen-bond acceptors (Lipinski definition) is 5. The molecule has 10 heteroatoms. The third-order valence-corrected chi connectivity index (χ3v) is 6.98. The number of nitrogens with zero attached hydrogens (tertiary/aromatic N) is 2. The molecule has 1 aromatic heterocycles. The standard InChI is InChI=1S/C25H28FN5O4/c1-14-19(27-18-4-7-31(25(35)23(14)18)9-8-30-5-2-3-6-30)11-16-15-10-17(26)21(28-22(33)13-32)12-20(15)29-24(16)34/h10-12,27,32H,2-9,13H2,1H3,(H,28,33)(H,29,34). The summed E-state index contributed by atoms with van der Waals surface area (Å²) in [5.41, 5.74) is 3.75. The van der Waals surface area contributed by atoms with E-state index in [1.54, 1.807) is 6.08 Å². The van der Waals surface area contributed by atoms with Gasteiger partial charge in [0.15, 0.2) is 0 Å². The lowest BCUT2D eigenvalue weighted by Crippen LogP contribution is -2.42. The van der Waals surface area contributed by atoms with E-state index in [0.717, 1.165) is 30.9 Å². The number of carbonyl (C=O) groups excluding carboxylic acids is 3. The number of carbonyl (C=O) groups is 3. The number of nitrogens with one attached hydrogen (secondary N) is 3. The SMILES string of the molecule is Cc1c(C=C2C(=O)Nc3cc(NC(=O)CO)c(F)cc32)[nH]c2c1C(=O)N(CCN1CCCC1)CC2. The first-order chi connectivity index (χ1) is 16.9. The minimum Gasteiger partial charge on any atom is -0.387 e. The quantitative estimate of drug-likeness (QED) is 0.471. The molecule has 184 valence electrons. The molecular weight excluding hydrogens is 453 g/mol. The zero-order valence-electron chi connectivity index (χ0n) is 19.5. The van der Waals surface area contributed by atoms with Crippen molar-refractivity contribution in [2.24, 2.45) is 0 Å². The van der Waals surface area contributed by atoms with E-state index in [-0.39, 0.29) is 17.2 Å². The Kier molecular flexibility index (Phi) is 6.16. The number of fused-ring (bicyclic) bond motifs is 2. The number of aromatic amines is 1. The van der Waals surface area contributed by atoms with Gasteiger partial charge in [-0.05, 0) is 56.6 Å². The molecule has 1 saturated heterocycles. The first kappa shape index (κ1) is 23.3. The predicted octanol–water partition coefficient (Wildman–Crippen LogP) is 1.98. The maximum atomic E-state index is 14.6. The lowest BCUT2D eigenvalue weighted by Gasteiger charge is -2.29. The first-order valence-corrected chi connectivity index (χ1v) is 11.9. The van der Waals surface area contributed by atoms with Gasteiger partial charge < -0.3 is 30.5 Å². The van der Waals surface area contributed by atoms with Crippen LogP contribution in [0.3, 0.4) is 0 Å². The summed E-state index contributed by atoms with van der Waals surface area (Å²) in [6.07, 6.45) is 4.77. The monoisotopic (exact) mass is 481 g/mol. The highest BCUT2D eigenvalue weighted by Gasteiger charge is 2.31. The Morgan fingerprint density at radius 1 is 1.20 bits per heavy atom. The number of likely N-dealkylation sites (tertiary alicyclic amines) is 1. The zero-order valence-corrected chi connectivity index (χ0v) is 19.5. The van der Waals surface area contributed by atoms with E-state index >= 15 is 0 Å². The fourth-order valence-corrected chi connectivity index (χ4v) is 5.07. The van der Waals surface area contributed by atoms with E-state index < -0.39 is 24.2 Å². The van der Waals surface area contributed by atoms with Crippen LogP contribution in [-0.4, -0.2) is 76.9 Å². The van der Waals surface area contributed by atoms with Crippen LogP contribution in [-0.2, 0) is 16.0 Å². The van der Waals surface area contributed by atoms with Crippen LogP contribution in [0, 0.1) is 12.7 Å². The summed E-state index contributed by atoms with van der Waals surface area (Å²) in [7, 11) is 0. The van der Waals surface area contributed by atoms with Crippen molar-refractivity contribution in [3.05, 3.63) is 46.0 Å². The maximum absolute atomic E-state index is 14.6.